The molecule has 0 aromatic carbocycles. The Hall–Kier alpha value is -1.62. The third kappa shape index (κ3) is 7.30. The fourth-order valence-electron chi connectivity index (χ4n) is 1.05. The lowest BCUT2D eigenvalue weighted by atomic mass is 10.4. The molecule has 0 amide bonds. The standard InChI is InChI=1S/C12H19NO4/c1-5-9-16-11(14)7-8-12(15)17-10(6-2)13(3)4/h5,7-8,10H,1,6,9H2,2-4H3. The van der Waals surface area contributed by atoms with Gasteiger partial charge in [0.2, 0.25) is 0 Å². The molecule has 17 heavy (non-hydrogen) atoms. The van der Waals surface area contributed by atoms with Gasteiger partial charge in [0, 0.05) is 12.2 Å². The van der Waals surface area contributed by atoms with Gasteiger partial charge in [-0.05, 0) is 20.5 Å². The molecule has 0 aliphatic heterocycles. The van der Waals surface area contributed by atoms with Crippen LogP contribution in [0.25, 0.3) is 0 Å². The van der Waals surface area contributed by atoms with Crippen LogP contribution < -0.4 is 0 Å². The zero-order valence-corrected chi connectivity index (χ0v) is 10.5. The van der Waals surface area contributed by atoms with Gasteiger partial charge in [-0.3, -0.25) is 4.90 Å². The highest BCUT2D eigenvalue weighted by molar-refractivity contribution is 5.91. The molecule has 96 valence electrons. The summed E-state index contributed by atoms with van der Waals surface area (Å²) in [5.74, 6) is -1.17. The molecule has 5 heteroatoms. The molecule has 0 N–H and O–H groups in total. The minimum Gasteiger partial charge on any atom is -0.458 e. The summed E-state index contributed by atoms with van der Waals surface area (Å²) in [6, 6.07) is 0. The number of rotatable bonds is 7. The molecule has 0 radical (unpaired) electrons. The molecule has 0 rings (SSSR count). The van der Waals surface area contributed by atoms with Crippen LogP contribution >= 0.6 is 0 Å². The van der Waals surface area contributed by atoms with Crippen molar-refractivity contribution < 1.29 is 19.1 Å². The van der Waals surface area contributed by atoms with E-state index in [1.807, 2.05) is 21.0 Å². The summed E-state index contributed by atoms with van der Waals surface area (Å²) in [7, 11) is 3.62. The smallest absolute Gasteiger partial charge is 0.332 e. The SMILES string of the molecule is C=CCOC(=O)C=CC(=O)OC(CC)N(C)C. The van der Waals surface area contributed by atoms with Crippen LogP contribution in [0.1, 0.15) is 13.3 Å². The lowest BCUT2D eigenvalue weighted by Gasteiger charge is -2.21. The molecule has 0 fully saturated rings. The van der Waals surface area contributed by atoms with Gasteiger partial charge in [-0.2, -0.15) is 0 Å². The maximum Gasteiger partial charge on any atom is 0.332 e. The van der Waals surface area contributed by atoms with Crippen molar-refractivity contribution in [3.63, 3.8) is 0 Å². The molecule has 0 saturated carbocycles. The summed E-state index contributed by atoms with van der Waals surface area (Å²) in [6.45, 7) is 5.42. The summed E-state index contributed by atoms with van der Waals surface area (Å²) < 4.78 is 9.75. The summed E-state index contributed by atoms with van der Waals surface area (Å²) in [5.41, 5.74) is 0. The quantitative estimate of drug-likeness (QED) is 0.289. The van der Waals surface area contributed by atoms with E-state index in [0.29, 0.717) is 6.42 Å². The second kappa shape index (κ2) is 8.52. The van der Waals surface area contributed by atoms with Crippen LogP contribution in [0.4, 0.5) is 0 Å². The topological polar surface area (TPSA) is 55.8 Å². The molecular weight excluding hydrogens is 222 g/mol. The van der Waals surface area contributed by atoms with E-state index in [-0.39, 0.29) is 12.8 Å². The van der Waals surface area contributed by atoms with Crippen LogP contribution in [0.3, 0.4) is 0 Å². The minimum atomic E-state index is -0.597. The first-order valence-electron chi connectivity index (χ1n) is 5.34. The molecule has 5 nitrogen and oxygen atoms in total. The van der Waals surface area contributed by atoms with E-state index in [4.69, 9.17) is 4.74 Å². The number of hydrogen-bond acceptors (Lipinski definition) is 5. The predicted octanol–water partition coefficient (Wildman–Crippen LogP) is 1.11. The molecule has 0 aliphatic rings. The minimum absolute atomic E-state index is 0.119. The molecule has 0 bridgehead atoms. The second-order valence-electron chi connectivity index (χ2n) is 3.52. The molecule has 1 atom stereocenters. The largest absolute Gasteiger partial charge is 0.458 e. The average molecular weight is 241 g/mol. The summed E-state index contributed by atoms with van der Waals surface area (Å²) in [4.78, 5) is 24.1. The molecule has 0 aromatic rings. The van der Waals surface area contributed by atoms with Crippen molar-refractivity contribution in [3.05, 3.63) is 24.8 Å². The third-order valence-electron chi connectivity index (χ3n) is 1.88. The average Bonchev–Trinajstić information content (AvgIpc) is 2.30. The van der Waals surface area contributed by atoms with E-state index >= 15 is 0 Å². The van der Waals surface area contributed by atoms with Crippen LogP contribution in [0.2, 0.25) is 0 Å². The maximum atomic E-state index is 11.3. The van der Waals surface area contributed by atoms with Crippen LogP contribution in [0.15, 0.2) is 24.8 Å². The van der Waals surface area contributed by atoms with Crippen LogP contribution in [0, 0.1) is 0 Å². The Morgan fingerprint density at radius 3 is 2.35 bits per heavy atom. The molecule has 0 spiro atoms. The lowest BCUT2D eigenvalue weighted by Crippen LogP contribution is -2.31. The summed E-state index contributed by atoms with van der Waals surface area (Å²) in [5, 5.41) is 0. The maximum absolute atomic E-state index is 11.3. The van der Waals surface area contributed by atoms with Crippen molar-refractivity contribution in [1.82, 2.24) is 4.90 Å². The Kier molecular flexibility index (Phi) is 7.71. The Morgan fingerprint density at radius 1 is 1.29 bits per heavy atom. The van der Waals surface area contributed by atoms with Gasteiger partial charge in [-0.1, -0.05) is 19.6 Å². The molecule has 1 unspecified atom stereocenters. The molecule has 0 aromatic heterocycles. The summed E-state index contributed by atoms with van der Waals surface area (Å²) in [6.07, 6.45) is 3.92. The first-order valence-corrected chi connectivity index (χ1v) is 5.34. The van der Waals surface area contributed by atoms with Crippen molar-refractivity contribution in [2.45, 2.75) is 19.6 Å². The highest BCUT2D eigenvalue weighted by Crippen LogP contribution is 2.01. The molecule has 0 heterocycles. The summed E-state index contributed by atoms with van der Waals surface area (Å²) >= 11 is 0. The molecular formula is C12H19NO4. The first-order chi connectivity index (χ1) is 8.01. The third-order valence-corrected chi connectivity index (χ3v) is 1.88. The molecule has 0 saturated heterocycles. The van der Waals surface area contributed by atoms with Crippen molar-refractivity contribution in [1.29, 1.82) is 0 Å². The molecule has 0 aliphatic carbocycles. The number of carbonyl (C=O) groups excluding carboxylic acids is 2. The van der Waals surface area contributed by atoms with Crippen LogP contribution in [-0.2, 0) is 19.1 Å². The highest BCUT2D eigenvalue weighted by atomic mass is 16.6. The van der Waals surface area contributed by atoms with Gasteiger partial charge in [0.1, 0.15) is 6.61 Å². The monoisotopic (exact) mass is 241 g/mol. The lowest BCUT2D eigenvalue weighted by molar-refractivity contribution is -0.151. The van der Waals surface area contributed by atoms with Gasteiger partial charge in [0.25, 0.3) is 0 Å². The van der Waals surface area contributed by atoms with Gasteiger partial charge < -0.3 is 9.47 Å². The van der Waals surface area contributed by atoms with Crippen molar-refractivity contribution >= 4 is 11.9 Å². The normalized spacial score (nSPS) is 12.5. The predicted molar refractivity (Wildman–Crippen MR) is 64.2 cm³/mol. The number of hydrogen-bond donors (Lipinski definition) is 0. The van der Waals surface area contributed by atoms with E-state index in [9.17, 15) is 9.59 Å². The van der Waals surface area contributed by atoms with E-state index in [2.05, 4.69) is 11.3 Å². The van der Waals surface area contributed by atoms with Crippen LogP contribution in [-0.4, -0.2) is 43.8 Å². The zero-order valence-electron chi connectivity index (χ0n) is 10.5. The number of carbonyl (C=O) groups is 2. The Labute approximate surface area is 102 Å². The van der Waals surface area contributed by atoms with Crippen LogP contribution in [0.5, 0.6) is 0 Å². The Balaban J connectivity index is 4.11. The van der Waals surface area contributed by atoms with Crippen molar-refractivity contribution in [2.24, 2.45) is 0 Å². The first kappa shape index (κ1) is 15.4. The van der Waals surface area contributed by atoms with Gasteiger partial charge in [0.05, 0.1) is 0 Å². The van der Waals surface area contributed by atoms with Gasteiger partial charge in [-0.25, -0.2) is 9.59 Å². The van der Waals surface area contributed by atoms with Crippen molar-refractivity contribution in [3.8, 4) is 0 Å². The number of esters is 2. The fourth-order valence-corrected chi connectivity index (χ4v) is 1.05. The van der Waals surface area contributed by atoms with E-state index in [1.54, 1.807) is 4.90 Å². The van der Waals surface area contributed by atoms with Gasteiger partial charge >= 0.3 is 11.9 Å². The number of nitrogens with zero attached hydrogens (tertiary/aromatic N) is 1. The van der Waals surface area contributed by atoms with Gasteiger partial charge in [-0.15, -0.1) is 0 Å². The van der Waals surface area contributed by atoms with Gasteiger partial charge in [0.15, 0.2) is 6.23 Å². The Bertz CT molecular complexity index is 297. The Morgan fingerprint density at radius 2 is 1.88 bits per heavy atom. The second-order valence-corrected chi connectivity index (χ2v) is 3.52. The van der Waals surface area contributed by atoms with E-state index in [1.165, 1.54) is 6.08 Å². The fraction of sp³-hybridized carbons (Fsp3) is 0.500. The number of ether oxygens (including phenoxy) is 2. The van der Waals surface area contributed by atoms with Crippen molar-refractivity contribution in [2.75, 3.05) is 20.7 Å². The highest BCUT2D eigenvalue weighted by Gasteiger charge is 2.12. The zero-order chi connectivity index (χ0) is 13.3. The van der Waals surface area contributed by atoms with E-state index in [0.717, 1.165) is 12.2 Å². The van der Waals surface area contributed by atoms with E-state index < -0.39 is 11.9 Å².